The molecule has 0 saturated carbocycles. The monoisotopic (exact) mass is 655 g/mol. The maximum atomic E-state index is 3.94. The lowest BCUT2D eigenvalue weighted by molar-refractivity contribution is 0.844. The van der Waals surface area contributed by atoms with Gasteiger partial charge in [-0.15, -0.1) is 0 Å². The number of nitrogens with one attached hydrogen (secondary N) is 5. The van der Waals surface area contributed by atoms with Gasteiger partial charge in [-0.25, -0.2) is 0 Å². The van der Waals surface area contributed by atoms with Crippen LogP contribution in [-0.4, -0.2) is 24.9 Å². The Labute approximate surface area is 293 Å². The van der Waals surface area contributed by atoms with E-state index in [1.54, 1.807) is 0 Å². The number of H-pyrrole nitrogens is 5. The fraction of sp³-hybridized carbons (Fsp3) is 0.0435. The highest BCUT2D eigenvalue weighted by molar-refractivity contribution is 6.09. The summed E-state index contributed by atoms with van der Waals surface area (Å²) in [4.78, 5) is 19.4. The molecule has 5 heteroatoms. The zero-order valence-electron chi connectivity index (χ0n) is 27.7. The minimum absolute atomic E-state index is 0.119. The van der Waals surface area contributed by atoms with Crippen LogP contribution >= 0.6 is 0 Å². The normalized spacial score (nSPS) is 12.3. The van der Waals surface area contributed by atoms with Crippen LogP contribution in [0, 0.1) is 0 Å². The molecule has 0 fully saturated rings. The van der Waals surface area contributed by atoms with Crippen LogP contribution in [0.1, 0.15) is 45.7 Å². The van der Waals surface area contributed by atoms with E-state index in [9.17, 15) is 0 Å². The second-order valence-electron chi connectivity index (χ2n) is 13.8. The molecule has 0 aliphatic carbocycles. The molecule has 11 aromatic rings. The number of benzene rings is 6. The van der Waals surface area contributed by atoms with E-state index in [2.05, 4.69) is 183 Å². The van der Waals surface area contributed by atoms with Crippen molar-refractivity contribution in [3.05, 3.63) is 192 Å². The number of hydrogen-bond acceptors (Lipinski definition) is 0. The van der Waals surface area contributed by atoms with Crippen LogP contribution in [0.4, 0.5) is 0 Å². The predicted molar refractivity (Wildman–Crippen MR) is 211 cm³/mol. The second-order valence-corrected chi connectivity index (χ2v) is 13.8. The Morgan fingerprint density at radius 3 is 1.16 bits per heavy atom. The van der Waals surface area contributed by atoms with Crippen molar-refractivity contribution in [3.63, 3.8) is 0 Å². The van der Waals surface area contributed by atoms with Gasteiger partial charge in [-0.3, -0.25) is 0 Å². The molecule has 0 saturated heterocycles. The summed E-state index contributed by atoms with van der Waals surface area (Å²) in [6.07, 6.45) is 0. The van der Waals surface area contributed by atoms with Gasteiger partial charge in [0.25, 0.3) is 0 Å². The zero-order valence-corrected chi connectivity index (χ0v) is 27.7. The molecular weight excluding hydrogens is 623 g/mol. The third kappa shape index (κ3) is 4.41. The molecule has 0 atom stereocenters. The molecule has 242 valence electrons. The average Bonchev–Trinajstić information content (AvgIpc) is 4.00. The zero-order chi connectivity index (χ0) is 33.5. The molecule has 5 N–H and O–H groups in total. The summed E-state index contributed by atoms with van der Waals surface area (Å²) in [5, 5.41) is 7.23. The van der Waals surface area contributed by atoms with Crippen LogP contribution in [0.3, 0.4) is 0 Å². The molecule has 11 rings (SSSR count). The van der Waals surface area contributed by atoms with Gasteiger partial charge in [0, 0.05) is 61.1 Å². The highest BCUT2D eigenvalue weighted by Gasteiger charge is 2.32. The molecule has 0 bridgehead atoms. The standard InChI is InChI=1S/C46H33N5/c1-6-16-34-27(11-1)23-39(47-34)43(40-24-28-12-2-7-17-35(28)48-40)33-22-21-32-31-15-5-10-20-38(31)51-46(32)44(33)45(41-25-29-13-3-8-18-36(29)49-41)42-26-30-14-4-9-19-37(30)50-42/h1-26,43,45,47-51H. The van der Waals surface area contributed by atoms with Crippen molar-refractivity contribution in [2.75, 3.05) is 0 Å². The van der Waals surface area contributed by atoms with Crippen molar-refractivity contribution in [2.45, 2.75) is 11.8 Å². The van der Waals surface area contributed by atoms with Gasteiger partial charge in [-0.1, -0.05) is 103 Å². The van der Waals surface area contributed by atoms with Gasteiger partial charge in [0.2, 0.25) is 0 Å². The molecule has 0 aliphatic heterocycles. The van der Waals surface area contributed by atoms with Crippen LogP contribution in [0.15, 0.2) is 158 Å². The molecular formula is C46H33N5. The molecule has 5 nitrogen and oxygen atoms in total. The first-order chi connectivity index (χ1) is 25.2. The topological polar surface area (TPSA) is 78.9 Å². The van der Waals surface area contributed by atoms with E-state index < -0.39 is 0 Å². The quantitative estimate of drug-likeness (QED) is 0.118. The number of rotatable bonds is 6. The van der Waals surface area contributed by atoms with Gasteiger partial charge in [0.1, 0.15) is 0 Å². The largest absolute Gasteiger partial charge is 0.358 e. The summed E-state index contributed by atoms with van der Waals surface area (Å²) >= 11 is 0. The van der Waals surface area contributed by atoms with Crippen molar-refractivity contribution >= 4 is 65.4 Å². The van der Waals surface area contributed by atoms with Gasteiger partial charge < -0.3 is 24.9 Å². The Balaban J connectivity index is 1.28. The lowest BCUT2D eigenvalue weighted by Crippen LogP contribution is -2.13. The smallest absolute Gasteiger partial charge is 0.0665 e. The maximum absolute atomic E-state index is 3.94. The molecule has 5 aromatic heterocycles. The summed E-state index contributed by atoms with van der Waals surface area (Å²) < 4.78 is 0. The fourth-order valence-electron chi connectivity index (χ4n) is 8.51. The molecule has 0 aliphatic rings. The van der Waals surface area contributed by atoms with Crippen LogP contribution in [0.25, 0.3) is 65.4 Å². The Morgan fingerprint density at radius 1 is 0.314 bits per heavy atom. The van der Waals surface area contributed by atoms with Crippen LogP contribution in [0.2, 0.25) is 0 Å². The van der Waals surface area contributed by atoms with Crippen molar-refractivity contribution in [1.82, 2.24) is 24.9 Å². The van der Waals surface area contributed by atoms with E-state index in [0.717, 1.165) is 55.9 Å². The number of para-hydroxylation sites is 5. The Kier molecular flexibility index (Phi) is 6.01. The summed E-state index contributed by atoms with van der Waals surface area (Å²) in [6, 6.07) is 57.0. The van der Waals surface area contributed by atoms with Gasteiger partial charge in [-0.05, 0) is 87.3 Å². The predicted octanol–water partition coefficient (Wildman–Crippen LogP) is 11.6. The van der Waals surface area contributed by atoms with Gasteiger partial charge in [-0.2, -0.15) is 0 Å². The summed E-state index contributed by atoms with van der Waals surface area (Å²) in [5.74, 6) is -0.264. The Morgan fingerprint density at radius 2 is 0.706 bits per heavy atom. The van der Waals surface area contributed by atoms with Crippen molar-refractivity contribution < 1.29 is 0 Å². The average molecular weight is 656 g/mol. The van der Waals surface area contributed by atoms with Crippen molar-refractivity contribution in [1.29, 1.82) is 0 Å². The van der Waals surface area contributed by atoms with E-state index in [1.807, 2.05) is 0 Å². The summed E-state index contributed by atoms with van der Waals surface area (Å²) in [5.41, 5.74) is 13.8. The summed E-state index contributed by atoms with van der Waals surface area (Å²) in [7, 11) is 0. The number of aromatic amines is 5. The second kappa shape index (κ2) is 10.9. The highest BCUT2D eigenvalue weighted by atomic mass is 14.8. The first-order valence-electron chi connectivity index (χ1n) is 17.6. The third-order valence-electron chi connectivity index (χ3n) is 10.8. The van der Waals surface area contributed by atoms with E-state index in [4.69, 9.17) is 0 Å². The van der Waals surface area contributed by atoms with Crippen molar-refractivity contribution in [3.8, 4) is 0 Å². The van der Waals surface area contributed by atoms with Crippen LogP contribution in [-0.2, 0) is 0 Å². The lowest BCUT2D eigenvalue weighted by atomic mass is 9.80. The van der Waals surface area contributed by atoms with Crippen LogP contribution < -0.4 is 0 Å². The molecule has 0 amide bonds. The lowest BCUT2D eigenvalue weighted by Gasteiger charge is -2.25. The van der Waals surface area contributed by atoms with Gasteiger partial charge >= 0.3 is 0 Å². The highest BCUT2D eigenvalue weighted by Crippen LogP contribution is 2.46. The molecule has 6 aromatic carbocycles. The molecule has 0 spiro atoms. The first-order valence-corrected chi connectivity index (χ1v) is 17.6. The van der Waals surface area contributed by atoms with E-state index in [1.165, 1.54) is 43.4 Å². The van der Waals surface area contributed by atoms with E-state index >= 15 is 0 Å². The molecule has 51 heavy (non-hydrogen) atoms. The van der Waals surface area contributed by atoms with Gasteiger partial charge in [0.05, 0.1) is 17.4 Å². The number of fused-ring (bicyclic) bond motifs is 7. The summed E-state index contributed by atoms with van der Waals surface area (Å²) in [6.45, 7) is 0. The fourth-order valence-corrected chi connectivity index (χ4v) is 8.51. The minimum Gasteiger partial charge on any atom is -0.358 e. The molecule has 5 heterocycles. The SMILES string of the molecule is c1ccc2[nH]c(C(c3cc4ccccc4[nH]3)c3ccc4c([nH]c5ccccc54)c3C(c3cc4ccccc4[nH]3)c3cc4ccccc4[nH]3)cc2c1. The number of aromatic nitrogens is 5. The number of hydrogen-bond donors (Lipinski definition) is 5. The van der Waals surface area contributed by atoms with E-state index in [-0.39, 0.29) is 11.8 Å². The van der Waals surface area contributed by atoms with Crippen LogP contribution in [0.5, 0.6) is 0 Å². The maximum Gasteiger partial charge on any atom is 0.0665 e. The third-order valence-corrected chi connectivity index (χ3v) is 10.8. The van der Waals surface area contributed by atoms with Gasteiger partial charge in [0.15, 0.2) is 0 Å². The molecule has 0 unspecified atom stereocenters. The Hall–Kier alpha value is -6.72. The van der Waals surface area contributed by atoms with Crippen molar-refractivity contribution in [2.24, 2.45) is 0 Å². The van der Waals surface area contributed by atoms with E-state index in [0.29, 0.717) is 0 Å². The first kappa shape index (κ1) is 28.2. The minimum atomic E-state index is -0.146. The Bertz CT molecular complexity index is 2790. The molecule has 0 radical (unpaired) electrons.